The lowest BCUT2D eigenvalue weighted by atomic mass is 10.1. The van der Waals surface area contributed by atoms with Crippen molar-refractivity contribution in [3.63, 3.8) is 0 Å². The number of rotatable bonds is 2. The van der Waals surface area contributed by atoms with Crippen molar-refractivity contribution < 1.29 is 4.39 Å². The number of aromatic nitrogens is 3. The average molecular weight is 270 g/mol. The van der Waals surface area contributed by atoms with Crippen molar-refractivity contribution in [1.29, 1.82) is 0 Å². The van der Waals surface area contributed by atoms with Crippen LogP contribution >= 0.6 is 11.6 Å². The Balaban J connectivity index is 2.55. The minimum atomic E-state index is -1.17. The van der Waals surface area contributed by atoms with Crippen LogP contribution in [0.5, 0.6) is 0 Å². The van der Waals surface area contributed by atoms with E-state index in [9.17, 15) is 14.0 Å². The van der Waals surface area contributed by atoms with Crippen LogP contribution in [0.25, 0.3) is 0 Å². The molecule has 7 heteroatoms. The van der Waals surface area contributed by atoms with Crippen LogP contribution in [-0.2, 0) is 6.54 Å². The molecule has 0 aliphatic heterocycles. The van der Waals surface area contributed by atoms with E-state index >= 15 is 0 Å². The van der Waals surface area contributed by atoms with Crippen LogP contribution in [0.2, 0.25) is 5.15 Å². The highest BCUT2D eigenvalue weighted by Gasteiger charge is 2.13. The summed E-state index contributed by atoms with van der Waals surface area (Å²) in [7, 11) is 0. The fourth-order valence-corrected chi connectivity index (χ4v) is 1.66. The van der Waals surface area contributed by atoms with Gasteiger partial charge in [-0.25, -0.2) is 4.79 Å². The number of hydrogen-bond acceptors (Lipinski definition) is 3. The summed E-state index contributed by atoms with van der Waals surface area (Å²) in [5, 5.41) is -0.579. The predicted molar refractivity (Wildman–Crippen MR) is 64.4 cm³/mol. The monoisotopic (exact) mass is 269 g/mol. The van der Waals surface area contributed by atoms with Crippen LogP contribution in [0.4, 0.5) is 4.39 Å². The van der Waals surface area contributed by atoms with Crippen molar-refractivity contribution in [2.45, 2.75) is 13.5 Å². The van der Waals surface area contributed by atoms with Gasteiger partial charge < -0.3 is 0 Å². The molecule has 0 saturated carbocycles. The predicted octanol–water partition coefficient (Wildman–Crippen LogP) is 1.08. The molecule has 2 aromatic heterocycles. The molecular weight excluding hydrogens is 261 g/mol. The van der Waals surface area contributed by atoms with Crippen molar-refractivity contribution in [3.05, 3.63) is 61.4 Å². The quantitative estimate of drug-likeness (QED) is 0.830. The normalized spacial score (nSPS) is 10.6. The van der Waals surface area contributed by atoms with Gasteiger partial charge in [-0.3, -0.25) is 19.3 Å². The van der Waals surface area contributed by atoms with Crippen molar-refractivity contribution in [2.24, 2.45) is 0 Å². The van der Waals surface area contributed by atoms with Gasteiger partial charge in [0.15, 0.2) is 5.15 Å². The summed E-state index contributed by atoms with van der Waals surface area (Å²) < 4.78 is 14.1. The van der Waals surface area contributed by atoms with E-state index in [1.807, 2.05) is 6.92 Å². The molecular formula is C11H9ClFN3O2. The molecule has 0 amide bonds. The Kier molecular flexibility index (Phi) is 3.29. The first kappa shape index (κ1) is 12.5. The fourth-order valence-electron chi connectivity index (χ4n) is 1.50. The van der Waals surface area contributed by atoms with Crippen molar-refractivity contribution >= 4 is 11.6 Å². The van der Waals surface area contributed by atoms with Gasteiger partial charge in [0.05, 0.1) is 6.54 Å². The highest BCUT2D eigenvalue weighted by molar-refractivity contribution is 6.29. The summed E-state index contributed by atoms with van der Waals surface area (Å²) in [6.07, 6.45) is 3.11. The van der Waals surface area contributed by atoms with Gasteiger partial charge in [-0.2, -0.15) is 4.39 Å². The van der Waals surface area contributed by atoms with Gasteiger partial charge in [0.2, 0.25) is 5.82 Å². The molecule has 0 saturated heterocycles. The summed E-state index contributed by atoms with van der Waals surface area (Å²) in [6.45, 7) is 1.75. The molecule has 0 fully saturated rings. The summed E-state index contributed by atoms with van der Waals surface area (Å²) >= 11 is 5.37. The lowest BCUT2D eigenvalue weighted by molar-refractivity contribution is 0.557. The number of nitrogens with zero attached hydrogens (tertiary/aromatic N) is 2. The zero-order valence-corrected chi connectivity index (χ0v) is 10.2. The Labute approximate surface area is 106 Å². The van der Waals surface area contributed by atoms with Gasteiger partial charge in [0, 0.05) is 12.4 Å². The molecule has 5 nitrogen and oxygen atoms in total. The molecule has 0 bridgehead atoms. The molecule has 0 aromatic carbocycles. The summed E-state index contributed by atoms with van der Waals surface area (Å²) in [6, 6.07) is 1.74. The van der Waals surface area contributed by atoms with Gasteiger partial charge in [-0.15, -0.1) is 0 Å². The zero-order chi connectivity index (χ0) is 13.3. The Hall–Kier alpha value is -1.95. The van der Waals surface area contributed by atoms with Gasteiger partial charge in [0.25, 0.3) is 5.56 Å². The van der Waals surface area contributed by atoms with Crippen molar-refractivity contribution in [3.8, 4) is 0 Å². The third kappa shape index (κ3) is 2.19. The fraction of sp³-hybridized carbons (Fsp3) is 0.182. The number of pyridine rings is 1. The molecule has 0 radical (unpaired) electrons. The lowest BCUT2D eigenvalue weighted by Gasteiger charge is -2.07. The van der Waals surface area contributed by atoms with E-state index in [0.717, 1.165) is 10.1 Å². The van der Waals surface area contributed by atoms with Crippen LogP contribution in [-0.4, -0.2) is 14.5 Å². The van der Waals surface area contributed by atoms with Crippen molar-refractivity contribution in [1.82, 2.24) is 14.5 Å². The topological polar surface area (TPSA) is 67.8 Å². The molecule has 2 heterocycles. The summed E-state index contributed by atoms with van der Waals surface area (Å²) in [4.78, 5) is 29.1. The van der Waals surface area contributed by atoms with E-state index in [1.54, 1.807) is 12.3 Å². The standard InChI is InChI=1S/C11H9ClFN3O2/c1-6-2-3-14-4-7(6)5-16-10(17)8(13)9(12)15-11(16)18/h2-4H,5H2,1H3,(H,15,18). The third-order valence-electron chi connectivity index (χ3n) is 2.56. The van der Waals surface area contributed by atoms with Crippen molar-refractivity contribution in [2.75, 3.05) is 0 Å². The van der Waals surface area contributed by atoms with E-state index in [4.69, 9.17) is 11.6 Å². The van der Waals surface area contributed by atoms with Crippen LogP contribution in [0.3, 0.4) is 0 Å². The first-order chi connectivity index (χ1) is 8.50. The molecule has 0 aliphatic rings. The molecule has 94 valence electrons. The number of hydrogen-bond donors (Lipinski definition) is 1. The minimum Gasteiger partial charge on any atom is -0.295 e. The number of nitrogens with one attached hydrogen (secondary N) is 1. The molecule has 2 aromatic rings. The summed E-state index contributed by atoms with van der Waals surface area (Å²) in [5.74, 6) is -1.17. The maximum atomic E-state index is 13.3. The molecule has 0 atom stereocenters. The number of aromatic amines is 1. The lowest BCUT2D eigenvalue weighted by Crippen LogP contribution is -2.37. The first-order valence-electron chi connectivity index (χ1n) is 5.08. The minimum absolute atomic E-state index is 0.0536. The molecule has 18 heavy (non-hydrogen) atoms. The van der Waals surface area contributed by atoms with Gasteiger partial charge in [-0.1, -0.05) is 11.6 Å². The second-order valence-electron chi connectivity index (χ2n) is 3.75. The maximum Gasteiger partial charge on any atom is 0.329 e. The SMILES string of the molecule is Cc1ccncc1Cn1c(=O)[nH]c(Cl)c(F)c1=O. The van der Waals surface area contributed by atoms with Gasteiger partial charge in [0.1, 0.15) is 0 Å². The van der Waals surface area contributed by atoms with Gasteiger partial charge >= 0.3 is 5.69 Å². The second kappa shape index (κ2) is 4.73. The number of H-pyrrole nitrogens is 1. The Morgan fingerprint density at radius 3 is 2.89 bits per heavy atom. The Morgan fingerprint density at radius 2 is 2.22 bits per heavy atom. The molecule has 1 N–H and O–H groups in total. The third-order valence-corrected chi connectivity index (χ3v) is 2.82. The molecule has 0 spiro atoms. The van der Waals surface area contributed by atoms with E-state index in [0.29, 0.717) is 5.56 Å². The van der Waals surface area contributed by atoms with Crippen LogP contribution in [0.1, 0.15) is 11.1 Å². The molecule has 0 unspecified atom stereocenters. The van der Waals surface area contributed by atoms with Crippen LogP contribution < -0.4 is 11.2 Å². The Bertz CT molecular complexity index is 708. The average Bonchev–Trinajstić information content (AvgIpc) is 2.34. The van der Waals surface area contributed by atoms with Crippen LogP contribution in [0, 0.1) is 12.7 Å². The van der Waals surface area contributed by atoms with Gasteiger partial charge in [-0.05, 0) is 24.1 Å². The maximum absolute atomic E-state index is 13.3. The van der Waals surface area contributed by atoms with E-state index < -0.39 is 22.2 Å². The zero-order valence-electron chi connectivity index (χ0n) is 9.41. The largest absolute Gasteiger partial charge is 0.329 e. The summed E-state index contributed by atoms with van der Waals surface area (Å²) in [5.41, 5.74) is -0.292. The molecule has 0 aliphatic carbocycles. The van der Waals surface area contributed by atoms with E-state index in [1.165, 1.54) is 6.20 Å². The number of aryl methyl sites for hydroxylation is 1. The number of halogens is 2. The smallest absolute Gasteiger partial charge is 0.295 e. The molecule has 2 rings (SSSR count). The Morgan fingerprint density at radius 1 is 1.50 bits per heavy atom. The van der Waals surface area contributed by atoms with Crippen LogP contribution in [0.15, 0.2) is 28.0 Å². The van der Waals surface area contributed by atoms with E-state index in [-0.39, 0.29) is 6.54 Å². The van der Waals surface area contributed by atoms with E-state index in [2.05, 4.69) is 9.97 Å². The highest BCUT2D eigenvalue weighted by Crippen LogP contribution is 2.07. The first-order valence-corrected chi connectivity index (χ1v) is 5.46. The second-order valence-corrected chi connectivity index (χ2v) is 4.13. The highest BCUT2D eigenvalue weighted by atomic mass is 35.5.